The number of carbonyl (C=O) groups is 1. The van der Waals surface area contributed by atoms with Crippen LogP contribution in [0.3, 0.4) is 0 Å². The third-order valence-corrected chi connectivity index (χ3v) is 6.47. The van der Waals surface area contributed by atoms with Crippen LogP contribution >= 0.6 is 11.6 Å². The fourth-order valence-corrected chi connectivity index (χ4v) is 4.26. The van der Waals surface area contributed by atoms with E-state index in [2.05, 4.69) is 23.9 Å². The molecule has 1 aliphatic carbocycles. The van der Waals surface area contributed by atoms with Crippen molar-refractivity contribution >= 4 is 29.0 Å². The first-order valence-corrected chi connectivity index (χ1v) is 12.5. The van der Waals surface area contributed by atoms with Crippen molar-refractivity contribution in [2.75, 3.05) is 26.3 Å². The van der Waals surface area contributed by atoms with Gasteiger partial charge in [0.1, 0.15) is 11.5 Å². The van der Waals surface area contributed by atoms with E-state index >= 15 is 0 Å². The van der Waals surface area contributed by atoms with Gasteiger partial charge >= 0.3 is 0 Å². The Kier molecular flexibility index (Phi) is 9.63. The number of ether oxygens (including phenoxy) is 1. The molecule has 1 aromatic rings. The highest BCUT2D eigenvalue weighted by atomic mass is 35.5. The third kappa shape index (κ3) is 6.89. The number of phenolic OH excluding ortho intramolecular Hbond substituents is 1. The van der Waals surface area contributed by atoms with Crippen molar-refractivity contribution < 1.29 is 19.5 Å². The van der Waals surface area contributed by atoms with Crippen LogP contribution in [0.2, 0.25) is 5.02 Å². The fourth-order valence-electron chi connectivity index (χ4n) is 4.04. The lowest BCUT2D eigenvalue weighted by Gasteiger charge is -2.20. The molecule has 6 nitrogen and oxygen atoms in total. The number of nitrogens with zero attached hydrogens (tertiary/aromatic N) is 2. The average molecular weight is 487 g/mol. The molecule has 0 radical (unpaired) electrons. The highest BCUT2D eigenvalue weighted by Crippen LogP contribution is 2.48. The first-order valence-electron chi connectivity index (χ1n) is 12.1. The molecular formula is C27H35ClN2O4. The first kappa shape index (κ1) is 25.9. The zero-order valence-electron chi connectivity index (χ0n) is 20.2. The highest BCUT2D eigenvalue weighted by molar-refractivity contribution is 6.33. The quantitative estimate of drug-likeness (QED) is 0.396. The molecule has 0 unspecified atom stereocenters. The van der Waals surface area contributed by atoms with E-state index in [9.17, 15) is 9.90 Å². The number of fused-ring (bicyclic) bond motifs is 1. The number of aromatic hydroxyl groups is 1. The van der Waals surface area contributed by atoms with Gasteiger partial charge in [-0.15, -0.1) is 0 Å². The Balaban J connectivity index is 1.96. The Morgan fingerprint density at radius 3 is 2.65 bits per heavy atom. The van der Waals surface area contributed by atoms with Crippen molar-refractivity contribution in [2.45, 2.75) is 58.3 Å². The van der Waals surface area contributed by atoms with Crippen molar-refractivity contribution in [1.29, 1.82) is 0 Å². The minimum atomic E-state index is -0.133. The predicted molar refractivity (Wildman–Crippen MR) is 137 cm³/mol. The molecule has 0 bridgehead atoms. The van der Waals surface area contributed by atoms with Gasteiger partial charge in [-0.1, -0.05) is 41.6 Å². The molecule has 1 aromatic carbocycles. The molecular weight excluding hydrogens is 452 g/mol. The number of rotatable bonds is 6. The van der Waals surface area contributed by atoms with Crippen molar-refractivity contribution in [2.24, 2.45) is 5.16 Å². The van der Waals surface area contributed by atoms with Gasteiger partial charge < -0.3 is 19.6 Å². The zero-order valence-corrected chi connectivity index (χ0v) is 20.9. The molecule has 34 heavy (non-hydrogen) atoms. The normalized spacial score (nSPS) is 20.1. The summed E-state index contributed by atoms with van der Waals surface area (Å²) in [6, 6.07) is 1.74. The van der Waals surface area contributed by atoms with E-state index in [1.54, 1.807) is 11.0 Å². The van der Waals surface area contributed by atoms with Gasteiger partial charge in [0.25, 0.3) is 5.91 Å². The van der Waals surface area contributed by atoms with Crippen molar-refractivity contribution in [3.63, 3.8) is 0 Å². The summed E-state index contributed by atoms with van der Waals surface area (Å²) in [5, 5.41) is 15.1. The van der Waals surface area contributed by atoms with Crippen molar-refractivity contribution in [1.82, 2.24) is 4.90 Å². The second-order valence-electron chi connectivity index (χ2n) is 8.54. The minimum absolute atomic E-state index is 0.0418. The summed E-state index contributed by atoms with van der Waals surface area (Å²) in [7, 11) is 0. The van der Waals surface area contributed by atoms with Crippen LogP contribution in [0.25, 0.3) is 5.76 Å². The topological polar surface area (TPSA) is 71.4 Å². The molecule has 1 heterocycles. The molecule has 1 N–H and O–H groups in total. The molecule has 184 valence electrons. The van der Waals surface area contributed by atoms with Crippen LogP contribution in [0.15, 0.2) is 42.1 Å². The molecule has 0 atom stereocenters. The Hall–Kier alpha value is -2.73. The number of amides is 1. The number of likely N-dealkylation sites (N-methyl/N-ethyl adjacent to an activating group) is 1. The van der Waals surface area contributed by atoms with Crippen LogP contribution in [0.4, 0.5) is 0 Å². The third-order valence-electron chi connectivity index (χ3n) is 6.05. The van der Waals surface area contributed by atoms with Gasteiger partial charge in [-0.05, 0) is 75.1 Å². The summed E-state index contributed by atoms with van der Waals surface area (Å²) in [5.74, 6) is 0.832. The Morgan fingerprint density at radius 2 is 1.94 bits per heavy atom. The fraction of sp³-hybridized carbons (Fsp3) is 0.481. The zero-order chi connectivity index (χ0) is 24.5. The average Bonchev–Trinajstić information content (AvgIpc) is 3.66. The second-order valence-corrected chi connectivity index (χ2v) is 8.91. The van der Waals surface area contributed by atoms with E-state index in [-0.39, 0.29) is 23.3 Å². The van der Waals surface area contributed by atoms with Crippen molar-refractivity contribution in [3.05, 3.63) is 58.7 Å². The van der Waals surface area contributed by atoms with Gasteiger partial charge in [0, 0.05) is 25.1 Å². The molecule has 0 spiro atoms. The number of oxime groups is 1. The number of hydrogen-bond acceptors (Lipinski definition) is 5. The van der Waals surface area contributed by atoms with Gasteiger partial charge in [-0.3, -0.25) is 4.79 Å². The summed E-state index contributed by atoms with van der Waals surface area (Å²) in [5.41, 5.74) is 3.16. The van der Waals surface area contributed by atoms with Crippen LogP contribution in [0.5, 0.6) is 5.75 Å². The van der Waals surface area contributed by atoms with Gasteiger partial charge in [-0.2, -0.15) is 0 Å². The lowest BCUT2D eigenvalue weighted by atomic mass is 9.92. The SMILES string of the molecule is C=C1OCC/C=C/CC/C=C/C(=N/OCC(=O)N(CC)CC)Cc2c(Cl)c(O)cc(C3CC3)c21. The molecule has 7 heteroatoms. The van der Waals surface area contributed by atoms with E-state index in [1.807, 2.05) is 26.0 Å². The van der Waals surface area contributed by atoms with Crippen LogP contribution in [-0.4, -0.2) is 47.9 Å². The second kappa shape index (κ2) is 12.7. The molecule has 1 aliphatic heterocycles. The standard InChI is InChI=1S/C27H35ClN2O4/c1-4-30(5-2)25(32)18-34-29-21-12-10-8-6-7-9-11-15-33-19(3)26-22(20-13-14-20)17-24(31)27(28)23(26)16-21/h7,9-10,12,17,20,31H,3-6,8,11,13-16,18H2,1-2H3/b9-7+,12-10+,29-21-. The summed E-state index contributed by atoms with van der Waals surface area (Å²) >= 11 is 6.62. The van der Waals surface area contributed by atoms with E-state index in [1.165, 1.54) is 0 Å². The Labute approximate surface area is 207 Å². The molecule has 3 rings (SSSR count). The summed E-state index contributed by atoms with van der Waals surface area (Å²) in [6.07, 6.45) is 13.1. The van der Waals surface area contributed by atoms with Gasteiger partial charge in [0.05, 0.1) is 17.3 Å². The van der Waals surface area contributed by atoms with E-state index in [0.29, 0.717) is 49.1 Å². The maximum atomic E-state index is 12.3. The predicted octanol–water partition coefficient (Wildman–Crippen LogP) is 5.99. The Bertz CT molecular complexity index is 975. The summed E-state index contributed by atoms with van der Waals surface area (Å²) in [4.78, 5) is 19.5. The summed E-state index contributed by atoms with van der Waals surface area (Å²) in [6.45, 7) is 9.68. The molecule has 1 amide bonds. The number of hydrogen-bond donors (Lipinski definition) is 1. The van der Waals surface area contributed by atoms with Crippen LogP contribution in [0, 0.1) is 0 Å². The highest BCUT2D eigenvalue weighted by Gasteiger charge is 2.31. The van der Waals surface area contributed by atoms with Gasteiger partial charge in [0.15, 0.2) is 6.61 Å². The molecule has 0 saturated heterocycles. The first-order chi connectivity index (χ1) is 16.5. The van der Waals surface area contributed by atoms with Crippen LogP contribution < -0.4 is 0 Å². The smallest absolute Gasteiger partial charge is 0.263 e. The van der Waals surface area contributed by atoms with Crippen LogP contribution in [-0.2, 0) is 20.8 Å². The number of benzene rings is 1. The van der Waals surface area contributed by atoms with E-state index in [0.717, 1.165) is 43.2 Å². The molecule has 0 aromatic heterocycles. The number of carbonyl (C=O) groups excluding carboxylic acids is 1. The van der Waals surface area contributed by atoms with Crippen molar-refractivity contribution in [3.8, 4) is 5.75 Å². The van der Waals surface area contributed by atoms with E-state index < -0.39 is 0 Å². The maximum Gasteiger partial charge on any atom is 0.263 e. The number of halogens is 1. The minimum Gasteiger partial charge on any atom is -0.506 e. The van der Waals surface area contributed by atoms with E-state index in [4.69, 9.17) is 21.2 Å². The largest absolute Gasteiger partial charge is 0.506 e. The lowest BCUT2D eigenvalue weighted by molar-refractivity contribution is -0.135. The van der Waals surface area contributed by atoms with Gasteiger partial charge in [-0.25, -0.2) is 0 Å². The molecule has 2 aliphatic rings. The maximum absolute atomic E-state index is 12.3. The summed E-state index contributed by atoms with van der Waals surface area (Å²) < 4.78 is 6.00. The number of allylic oxidation sites excluding steroid dienone is 3. The molecule has 1 saturated carbocycles. The number of phenols is 1. The Morgan fingerprint density at radius 1 is 1.24 bits per heavy atom. The lowest BCUT2D eigenvalue weighted by Crippen LogP contribution is -2.33. The monoisotopic (exact) mass is 486 g/mol. The molecule has 1 fully saturated rings. The van der Waals surface area contributed by atoms with Gasteiger partial charge in [0.2, 0.25) is 0 Å². The van der Waals surface area contributed by atoms with Crippen LogP contribution in [0.1, 0.15) is 68.6 Å².